The number of hydrogen-bond acceptors (Lipinski definition) is 4. The highest BCUT2D eigenvalue weighted by atomic mass is 32.2. The number of aromatic nitrogens is 1. The van der Waals surface area contributed by atoms with Crippen LogP contribution in [-0.4, -0.2) is 33.0 Å². The SMILES string of the molecule is CC1(CNS(=O)(=O)c2cccc3cnccc23)CCNCC1. The molecule has 0 radical (unpaired) electrons. The molecule has 2 aromatic rings. The molecule has 118 valence electrons. The summed E-state index contributed by atoms with van der Waals surface area (Å²) in [4.78, 5) is 4.37. The lowest BCUT2D eigenvalue weighted by Gasteiger charge is -2.34. The zero-order valence-corrected chi connectivity index (χ0v) is 13.5. The van der Waals surface area contributed by atoms with Gasteiger partial charge in [0.15, 0.2) is 0 Å². The Morgan fingerprint density at radius 1 is 1.27 bits per heavy atom. The lowest BCUT2D eigenvalue weighted by Crippen LogP contribution is -2.42. The second-order valence-corrected chi connectivity index (χ2v) is 7.97. The van der Waals surface area contributed by atoms with Crippen molar-refractivity contribution in [3.05, 3.63) is 36.7 Å². The molecule has 1 aromatic heterocycles. The van der Waals surface area contributed by atoms with E-state index in [4.69, 9.17) is 0 Å². The highest BCUT2D eigenvalue weighted by Gasteiger charge is 2.29. The number of rotatable bonds is 4. The Hall–Kier alpha value is -1.50. The summed E-state index contributed by atoms with van der Waals surface area (Å²) in [5, 5.41) is 4.85. The van der Waals surface area contributed by atoms with Crippen molar-refractivity contribution in [1.29, 1.82) is 0 Å². The number of pyridine rings is 1. The van der Waals surface area contributed by atoms with E-state index in [9.17, 15) is 8.42 Å². The standard InChI is InChI=1S/C16H21N3O2S/c1-16(6-9-17-10-7-16)12-19-22(20,21)15-4-2-3-13-11-18-8-5-14(13)15/h2-5,8,11,17,19H,6-7,9-10,12H2,1H3. The van der Waals surface area contributed by atoms with Crippen LogP contribution in [0, 0.1) is 5.41 Å². The summed E-state index contributed by atoms with van der Waals surface area (Å²) < 4.78 is 28.2. The summed E-state index contributed by atoms with van der Waals surface area (Å²) in [5.41, 5.74) is 0.0183. The largest absolute Gasteiger partial charge is 0.317 e. The van der Waals surface area contributed by atoms with Gasteiger partial charge in [-0.05, 0) is 43.5 Å². The van der Waals surface area contributed by atoms with E-state index in [1.807, 2.05) is 6.07 Å². The molecule has 0 unspecified atom stereocenters. The molecule has 22 heavy (non-hydrogen) atoms. The van der Waals surface area contributed by atoms with Gasteiger partial charge in [-0.3, -0.25) is 4.98 Å². The third-order valence-corrected chi connectivity index (χ3v) is 5.89. The minimum atomic E-state index is -3.52. The number of sulfonamides is 1. The molecule has 1 aromatic carbocycles. The molecule has 1 aliphatic heterocycles. The monoisotopic (exact) mass is 319 g/mol. The summed E-state index contributed by atoms with van der Waals surface area (Å²) in [7, 11) is -3.52. The summed E-state index contributed by atoms with van der Waals surface area (Å²) >= 11 is 0. The minimum absolute atomic E-state index is 0.0183. The molecule has 2 heterocycles. The molecule has 1 fully saturated rings. The number of nitrogens with one attached hydrogen (secondary N) is 2. The number of fused-ring (bicyclic) bond motifs is 1. The van der Waals surface area contributed by atoms with E-state index in [1.165, 1.54) is 0 Å². The van der Waals surface area contributed by atoms with Gasteiger partial charge in [-0.25, -0.2) is 13.1 Å². The van der Waals surface area contributed by atoms with Gasteiger partial charge in [0.1, 0.15) is 0 Å². The van der Waals surface area contributed by atoms with Crippen LogP contribution in [0.2, 0.25) is 0 Å². The van der Waals surface area contributed by atoms with Crippen LogP contribution in [0.25, 0.3) is 10.8 Å². The number of piperidine rings is 1. The molecule has 1 aliphatic rings. The van der Waals surface area contributed by atoms with Gasteiger partial charge in [0, 0.05) is 29.7 Å². The van der Waals surface area contributed by atoms with Crippen molar-refractivity contribution in [2.45, 2.75) is 24.7 Å². The molecule has 2 N–H and O–H groups in total. The highest BCUT2D eigenvalue weighted by molar-refractivity contribution is 7.89. The molecule has 0 atom stereocenters. The zero-order chi connectivity index (χ0) is 15.6. The molecule has 0 aliphatic carbocycles. The molecule has 5 nitrogen and oxygen atoms in total. The summed E-state index contributed by atoms with van der Waals surface area (Å²) in [5.74, 6) is 0. The third-order valence-electron chi connectivity index (χ3n) is 4.43. The summed E-state index contributed by atoms with van der Waals surface area (Å²) in [6.07, 6.45) is 5.27. The zero-order valence-electron chi connectivity index (χ0n) is 12.7. The first-order valence-corrected chi connectivity index (χ1v) is 9.02. The lowest BCUT2D eigenvalue weighted by atomic mass is 9.81. The Labute approximate surface area is 131 Å². The fraction of sp³-hybridized carbons (Fsp3) is 0.438. The Morgan fingerprint density at radius 2 is 2.05 bits per heavy atom. The average molecular weight is 319 g/mol. The number of benzene rings is 1. The maximum Gasteiger partial charge on any atom is 0.241 e. The van der Waals surface area contributed by atoms with Crippen molar-refractivity contribution in [3.8, 4) is 0 Å². The Morgan fingerprint density at radius 3 is 2.82 bits per heavy atom. The predicted molar refractivity (Wildman–Crippen MR) is 87.1 cm³/mol. The average Bonchev–Trinajstić information content (AvgIpc) is 2.53. The van der Waals surface area contributed by atoms with E-state index in [0.29, 0.717) is 16.8 Å². The second-order valence-electron chi connectivity index (χ2n) is 6.24. The summed E-state index contributed by atoms with van der Waals surface area (Å²) in [6.45, 7) is 4.50. The smallest absolute Gasteiger partial charge is 0.241 e. The van der Waals surface area contributed by atoms with E-state index in [1.54, 1.807) is 30.6 Å². The third kappa shape index (κ3) is 3.14. The van der Waals surface area contributed by atoms with Gasteiger partial charge in [-0.2, -0.15) is 0 Å². The molecule has 6 heteroatoms. The van der Waals surface area contributed by atoms with Crippen molar-refractivity contribution < 1.29 is 8.42 Å². The van der Waals surface area contributed by atoms with Crippen LogP contribution in [-0.2, 0) is 10.0 Å². The maximum absolute atomic E-state index is 12.7. The lowest BCUT2D eigenvalue weighted by molar-refractivity contribution is 0.232. The van der Waals surface area contributed by atoms with Gasteiger partial charge in [0.2, 0.25) is 10.0 Å². The van der Waals surface area contributed by atoms with Crippen molar-refractivity contribution in [2.24, 2.45) is 5.41 Å². The van der Waals surface area contributed by atoms with E-state index < -0.39 is 10.0 Å². The first-order valence-electron chi connectivity index (χ1n) is 7.53. The van der Waals surface area contributed by atoms with Gasteiger partial charge in [-0.15, -0.1) is 0 Å². The van der Waals surface area contributed by atoms with Crippen LogP contribution in [0.3, 0.4) is 0 Å². The van der Waals surface area contributed by atoms with Gasteiger partial charge in [0.25, 0.3) is 0 Å². The van der Waals surface area contributed by atoms with E-state index >= 15 is 0 Å². The van der Waals surface area contributed by atoms with Crippen LogP contribution < -0.4 is 10.0 Å². The van der Waals surface area contributed by atoms with Crippen LogP contribution >= 0.6 is 0 Å². The Bertz CT molecular complexity index is 763. The second kappa shape index (κ2) is 5.95. The van der Waals surface area contributed by atoms with Gasteiger partial charge < -0.3 is 5.32 Å². The van der Waals surface area contributed by atoms with Crippen molar-refractivity contribution in [2.75, 3.05) is 19.6 Å². The Kier molecular flexibility index (Phi) is 4.16. The molecule has 3 rings (SSSR count). The molecular formula is C16H21N3O2S. The fourth-order valence-corrected chi connectivity index (χ4v) is 4.31. The fourth-order valence-electron chi connectivity index (χ4n) is 2.88. The van der Waals surface area contributed by atoms with Crippen molar-refractivity contribution in [3.63, 3.8) is 0 Å². The van der Waals surface area contributed by atoms with Crippen LogP contribution in [0.4, 0.5) is 0 Å². The molecule has 0 spiro atoms. The molecule has 0 bridgehead atoms. The van der Waals surface area contributed by atoms with Crippen LogP contribution in [0.15, 0.2) is 41.6 Å². The van der Waals surface area contributed by atoms with E-state index in [-0.39, 0.29) is 5.41 Å². The predicted octanol–water partition coefficient (Wildman–Crippen LogP) is 1.90. The first kappa shape index (κ1) is 15.4. The topological polar surface area (TPSA) is 71.1 Å². The first-order chi connectivity index (χ1) is 10.5. The van der Waals surface area contributed by atoms with Crippen LogP contribution in [0.1, 0.15) is 19.8 Å². The van der Waals surface area contributed by atoms with Crippen molar-refractivity contribution in [1.82, 2.24) is 15.0 Å². The molecule has 1 saturated heterocycles. The maximum atomic E-state index is 12.7. The summed E-state index contributed by atoms with van der Waals surface area (Å²) in [6, 6.07) is 7.02. The van der Waals surface area contributed by atoms with Gasteiger partial charge in [-0.1, -0.05) is 19.1 Å². The molecule has 0 amide bonds. The number of hydrogen-bond donors (Lipinski definition) is 2. The van der Waals surface area contributed by atoms with E-state index in [0.717, 1.165) is 31.3 Å². The van der Waals surface area contributed by atoms with Gasteiger partial charge in [0.05, 0.1) is 4.90 Å². The number of nitrogens with zero attached hydrogens (tertiary/aromatic N) is 1. The normalized spacial score (nSPS) is 18.4. The van der Waals surface area contributed by atoms with Gasteiger partial charge >= 0.3 is 0 Å². The highest BCUT2D eigenvalue weighted by Crippen LogP contribution is 2.28. The molecule has 0 saturated carbocycles. The van der Waals surface area contributed by atoms with Crippen molar-refractivity contribution >= 4 is 20.8 Å². The molecular weight excluding hydrogens is 298 g/mol. The quantitative estimate of drug-likeness (QED) is 0.903. The Balaban J connectivity index is 1.86. The van der Waals surface area contributed by atoms with E-state index in [2.05, 4.69) is 21.9 Å². The van der Waals surface area contributed by atoms with Crippen LogP contribution in [0.5, 0.6) is 0 Å². The minimum Gasteiger partial charge on any atom is -0.317 e.